The second-order valence-corrected chi connectivity index (χ2v) is 8.51. The lowest BCUT2D eigenvalue weighted by molar-refractivity contribution is -0.121. The summed E-state index contributed by atoms with van der Waals surface area (Å²) in [5.74, 6) is 1.36. The maximum atomic E-state index is 12.2. The van der Waals surface area contributed by atoms with Crippen LogP contribution in [0.3, 0.4) is 0 Å². The molecule has 1 aromatic heterocycles. The molecule has 1 N–H and O–H groups in total. The number of amides is 1. The summed E-state index contributed by atoms with van der Waals surface area (Å²) in [4.78, 5) is 16.1. The predicted molar refractivity (Wildman–Crippen MR) is 112 cm³/mol. The quantitative estimate of drug-likeness (QED) is 0.707. The molecule has 0 spiro atoms. The molecule has 0 atom stereocenters. The van der Waals surface area contributed by atoms with E-state index < -0.39 is 0 Å². The Bertz CT molecular complexity index is 728. The van der Waals surface area contributed by atoms with Crippen molar-refractivity contribution in [2.75, 3.05) is 26.7 Å². The summed E-state index contributed by atoms with van der Waals surface area (Å²) in [6.07, 6.45) is 3.48. The second-order valence-electron chi connectivity index (χ2n) is 7.07. The van der Waals surface area contributed by atoms with Crippen molar-refractivity contribution in [1.29, 1.82) is 0 Å². The van der Waals surface area contributed by atoms with Crippen molar-refractivity contribution in [3.8, 4) is 5.75 Å². The predicted octanol–water partition coefficient (Wildman–Crippen LogP) is 4.37. The van der Waals surface area contributed by atoms with E-state index in [1.54, 1.807) is 7.11 Å². The molecule has 1 aromatic carbocycles. The third-order valence-electron chi connectivity index (χ3n) is 5.11. The first kappa shape index (κ1) is 20.2. The number of hydrogen-bond donors (Lipinski definition) is 1. The highest BCUT2D eigenvalue weighted by atomic mass is 35.5. The summed E-state index contributed by atoms with van der Waals surface area (Å²) in [7, 11) is 1.60. The smallest absolute Gasteiger partial charge is 0.220 e. The van der Waals surface area contributed by atoms with Crippen molar-refractivity contribution in [2.24, 2.45) is 5.92 Å². The van der Waals surface area contributed by atoms with Gasteiger partial charge in [-0.2, -0.15) is 0 Å². The van der Waals surface area contributed by atoms with Crippen molar-refractivity contribution in [3.63, 3.8) is 0 Å². The van der Waals surface area contributed by atoms with E-state index in [1.165, 1.54) is 4.88 Å². The van der Waals surface area contributed by atoms with Gasteiger partial charge in [0.05, 0.1) is 12.1 Å². The standard InChI is InChI=1S/C21H27ClN2O2S/c1-26-20-6-4-16(13-19(20)22)5-7-21(25)23-14-17-8-10-24(11-9-17)15-18-3-2-12-27-18/h2-4,6,12-13,17H,5,7-11,14-15H2,1H3,(H,23,25). The number of hydrogen-bond acceptors (Lipinski definition) is 4. The third-order valence-corrected chi connectivity index (χ3v) is 6.27. The molecule has 0 bridgehead atoms. The number of benzene rings is 1. The second kappa shape index (κ2) is 10.1. The minimum absolute atomic E-state index is 0.114. The zero-order chi connectivity index (χ0) is 19.1. The van der Waals surface area contributed by atoms with E-state index in [4.69, 9.17) is 16.3 Å². The van der Waals surface area contributed by atoms with E-state index in [0.29, 0.717) is 29.5 Å². The Morgan fingerprint density at radius 3 is 2.81 bits per heavy atom. The number of carbonyl (C=O) groups excluding carboxylic acids is 1. The molecule has 0 saturated carbocycles. The number of rotatable bonds is 8. The van der Waals surface area contributed by atoms with Gasteiger partial charge in [0, 0.05) is 24.4 Å². The lowest BCUT2D eigenvalue weighted by Gasteiger charge is -2.31. The van der Waals surface area contributed by atoms with Crippen molar-refractivity contribution in [3.05, 3.63) is 51.2 Å². The molecule has 4 nitrogen and oxygen atoms in total. The number of methoxy groups -OCH3 is 1. The zero-order valence-electron chi connectivity index (χ0n) is 15.7. The molecule has 0 radical (unpaired) electrons. The molecule has 1 aliphatic rings. The zero-order valence-corrected chi connectivity index (χ0v) is 17.3. The van der Waals surface area contributed by atoms with Gasteiger partial charge in [-0.1, -0.05) is 23.7 Å². The maximum Gasteiger partial charge on any atom is 0.220 e. The Labute approximate surface area is 170 Å². The summed E-state index contributed by atoms with van der Waals surface area (Å²) in [5.41, 5.74) is 1.05. The Morgan fingerprint density at radius 2 is 2.15 bits per heavy atom. The Kier molecular flexibility index (Phi) is 7.56. The normalized spacial score (nSPS) is 15.6. The minimum atomic E-state index is 0.114. The number of nitrogens with zero attached hydrogens (tertiary/aromatic N) is 1. The average Bonchev–Trinajstić information content (AvgIpc) is 3.19. The van der Waals surface area contributed by atoms with E-state index in [-0.39, 0.29) is 5.91 Å². The van der Waals surface area contributed by atoms with Crippen LogP contribution in [0.4, 0.5) is 0 Å². The molecule has 2 heterocycles. The highest BCUT2D eigenvalue weighted by molar-refractivity contribution is 7.09. The van der Waals surface area contributed by atoms with E-state index in [9.17, 15) is 4.79 Å². The van der Waals surface area contributed by atoms with E-state index in [2.05, 4.69) is 27.7 Å². The summed E-state index contributed by atoms with van der Waals surface area (Å²) >= 11 is 7.96. The van der Waals surface area contributed by atoms with Crippen LogP contribution in [0.15, 0.2) is 35.7 Å². The van der Waals surface area contributed by atoms with E-state index in [1.807, 2.05) is 29.5 Å². The summed E-state index contributed by atoms with van der Waals surface area (Å²) in [5, 5.41) is 5.83. The monoisotopic (exact) mass is 406 g/mol. The topological polar surface area (TPSA) is 41.6 Å². The molecule has 6 heteroatoms. The first-order valence-corrected chi connectivity index (χ1v) is 10.7. The van der Waals surface area contributed by atoms with Crippen LogP contribution >= 0.6 is 22.9 Å². The molecule has 0 aliphatic carbocycles. The van der Waals surface area contributed by atoms with Gasteiger partial charge >= 0.3 is 0 Å². The van der Waals surface area contributed by atoms with Crippen LogP contribution in [-0.4, -0.2) is 37.6 Å². The molecule has 27 heavy (non-hydrogen) atoms. The molecule has 1 aliphatic heterocycles. The molecule has 2 aromatic rings. The highest BCUT2D eigenvalue weighted by Crippen LogP contribution is 2.25. The van der Waals surface area contributed by atoms with Crippen molar-refractivity contribution in [1.82, 2.24) is 10.2 Å². The number of thiophene rings is 1. The van der Waals surface area contributed by atoms with Gasteiger partial charge in [0.15, 0.2) is 0 Å². The number of halogens is 1. The number of nitrogens with one attached hydrogen (secondary N) is 1. The van der Waals surface area contributed by atoms with Crippen LogP contribution in [-0.2, 0) is 17.8 Å². The fourth-order valence-corrected chi connectivity index (χ4v) is 4.47. The fraction of sp³-hybridized carbons (Fsp3) is 0.476. The average molecular weight is 407 g/mol. The van der Waals surface area contributed by atoms with Gasteiger partial charge < -0.3 is 10.1 Å². The Balaban J connectivity index is 1.33. The van der Waals surface area contributed by atoms with E-state index in [0.717, 1.165) is 44.6 Å². The summed E-state index contributed by atoms with van der Waals surface area (Å²) < 4.78 is 5.15. The van der Waals surface area contributed by atoms with Crippen molar-refractivity contribution < 1.29 is 9.53 Å². The first-order chi connectivity index (χ1) is 13.1. The number of likely N-dealkylation sites (tertiary alicyclic amines) is 1. The Hall–Kier alpha value is -1.56. The van der Waals surface area contributed by atoms with Gasteiger partial charge in [-0.15, -0.1) is 11.3 Å². The van der Waals surface area contributed by atoms with Gasteiger partial charge in [-0.25, -0.2) is 0 Å². The van der Waals surface area contributed by atoms with Crippen LogP contribution in [0, 0.1) is 5.92 Å². The molecule has 0 unspecified atom stereocenters. The lowest BCUT2D eigenvalue weighted by atomic mass is 9.96. The van der Waals surface area contributed by atoms with Gasteiger partial charge in [0.25, 0.3) is 0 Å². The number of carbonyl (C=O) groups is 1. The van der Waals surface area contributed by atoms with Gasteiger partial charge in [0.1, 0.15) is 5.75 Å². The lowest BCUT2D eigenvalue weighted by Crippen LogP contribution is -2.38. The maximum absolute atomic E-state index is 12.2. The third kappa shape index (κ3) is 6.23. The molecular weight excluding hydrogens is 380 g/mol. The SMILES string of the molecule is COc1ccc(CCC(=O)NCC2CCN(Cc3cccs3)CC2)cc1Cl. The largest absolute Gasteiger partial charge is 0.495 e. The summed E-state index contributed by atoms with van der Waals surface area (Å²) in [6, 6.07) is 9.99. The molecular formula is C21H27ClN2O2S. The Morgan fingerprint density at radius 1 is 1.33 bits per heavy atom. The van der Waals surface area contributed by atoms with Crippen LogP contribution in [0.1, 0.15) is 29.7 Å². The minimum Gasteiger partial charge on any atom is -0.495 e. The fourth-order valence-electron chi connectivity index (χ4n) is 3.44. The summed E-state index contributed by atoms with van der Waals surface area (Å²) in [6.45, 7) is 4.07. The van der Waals surface area contributed by atoms with Crippen molar-refractivity contribution in [2.45, 2.75) is 32.2 Å². The molecule has 1 amide bonds. The first-order valence-electron chi connectivity index (χ1n) is 9.48. The number of piperidine rings is 1. The molecule has 1 saturated heterocycles. The van der Waals surface area contributed by atoms with Gasteiger partial charge in [-0.3, -0.25) is 9.69 Å². The molecule has 146 valence electrons. The van der Waals surface area contributed by atoms with Crippen LogP contribution in [0.2, 0.25) is 5.02 Å². The molecule has 3 rings (SSSR count). The van der Waals surface area contributed by atoms with Crippen LogP contribution in [0.25, 0.3) is 0 Å². The van der Waals surface area contributed by atoms with Gasteiger partial charge in [0.2, 0.25) is 5.91 Å². The van der Waals surface area contributed by atoms with E-state index >= 15 is 0 Å². The molecule has 1 fully saturated rings. The number of aryl methyl sites for hydroxylation is 1. The highest BCUT2D eigenvalue weighted by Gasteiger charge is 2.20. The van der Waals surface area contributed by atoms with Crippen LogP contribution < -0.4 is 10.1 Å². The van der Waals surface area contributed by atoms with Crippen LogP contribution in [0.5, 0.6) is 5.75 Å². The van der Waals surface area contributed by atoms with Crippen molar-refractivity contribution >= 4 is 28.8 Å². The van der Waals surface area contributed by atoms with Gasteiger partial charge in [-0.05, 0) is 67.4 Å². The number of ether oxygens (including phenoxy) is 1.